The second-order valence-electron chi connectivity index (χ2n) is 4.14. The fraction of sp³-hybridized carbons (Fsp3) is 0.417. The van der Waals surface area contributed by atoms with E-state index < -0.39 is 6.10 Å². The molecule has 1 atom stereocenters. The largest absolute Gasteiger partial charge is 0.443 e. The molecule has 3 nitrogen and oxygen atoms in total. The summed E-state index contributed by atoms with van der Waals surface area (Å²) >= 11 is 0. The monoisotopic (exact) mass is 205 g/mol. The summed E-state index contributed by atoms with van der Waals surface area (Å²) in [4.78, 5) is 4.13. The topological polar surface area (TPSA) is 46.3 Å². The van der Waals surface area contributed by atoms with Crippen molar-refractivity contribution in [2.75, 3.05) is 0 Å². The Morgan fingerprint density at radius 1 is 1.27 bits per heavy atom. The molecular formula is C12H15NO2. The number of fused-ring (bicyclic) bond motifs is 1. The van der Waals surface area contributed by atoms with Gasteiger partial charge in [0.25, 0.3) is 0 Å². The van der Waals surface area contributed by atoms with Crippen LogP contribution in [0.1, 0.15) is 43.9 Å². The predicted molar refractivity (Wildman–Crippen MR) is 58.7 cm³/mol. The number of rotatable bonds is 2. The molecule has 0 radical (unpaired) electrons. The summed E-state index contributed by atoms with van der Waals surface area (Å²) in [5.74, 6) is 0.360. The molecule has 1 unspecified atom stereocenters. The van der Waals surface area contributed by atoms with Crippen LogP contribution in [0.25, 0.3) is 11.1 Å². The predicted octanol–water partition coefficient (Wildman–Crippen LogP) is 3.00. The highest BCUT2D eigenvalue weighted by Crippen LogP contribution is 2.28. The smallest absolute Gasteiger partial charge is 0.181 e. The molecule has 1 aromatic carbocycles. The molecular weight excluding hydrogens is 190 g/mol. The lowest BCUT2D eigenvalue weighted by Crippen LogP contribution is -1.95. The lowest BCUT2D eigenvalue weighted by molar-refractivity contribution is 0.199. The molecule has 15 heavy (non-hydrogen) atoms. The van der Waals surface area contributed by atoms with E-state index in [2.05, 4.69) is 18.8 Å². The van der Waals surface area contributed by atoms with Crippen LogP contribution in [0.2, 0.25) is 0 Å². The number of aromatic nitrogens is 1. The number of hydrogen-bond donors (Lipinski definition) is 1. The van der Waals surface area contributed by atoms with E-state index in [9.17, 15) is 5.11 Å². The number of benzene rings is 1. The number of aliphatic hydroxyl groups is 1. The van der Waals surface area contributed by atoms with Crippen molar-refractivity contribution in [2.24, 2.45) is 0 Å². The second kappa shape index (κ2) is 3.66. The highest BCUT2D eigenvalue weighted by Gasteiger charge is 2.13. The van der Waals surface area contributed by atoms with Gasteiger partial charge in [0.15, 0.2) is 12.0 Å². The van der Waals surface area contributed by atoms with Crippen molar-refractivity contribution in [1.82, 2.24) is 4.98 Å². The van der Waals surface area contributed by atoms with Gasteiger partial charge in [-0.2, -0.15) is 0 Å². The minimum absolute atomic E-state index is 0.360. The summed E-state index contributed by atoms with van der Waals surface area (Å²) in [5, 5.41) is 9.57. The Bertz CT molecular complexity index is 471. The van der Waals surface area contributed by atoms with Crippen LogP contribution in [0.15, 0.2) is 22.9 Å². The van der Waals surface area contributed by atoms with Gasteiger partial charge in [-0.15, -0.1) is 0 Å². The molecule has 0 aliphatic heterocycles. The van der Waals surface area contributed by atoms with Gasteiger partial charge >= 0.3 is 0 Å². The van der Waals surface area contributed by atoms with E-state index in [0.717, 1.165) is 22.2 Å². The first-order chi connectivity index (χ1) is 7.09. The molecule has 0 amide bonds. The maximum atomic E-state index is 9.57. The average molecular weight is 205 g/mol. The van der Waals surface area contributed by atoms with Gasteiger partial charge in [-0.1, -0.05) is 13.8 Å². The van der Waals surface area contributed by atoms with Crippen LogP contribution in [-0.4, -0.2) is 10.1 Å². The van der Waals surface area contributed by atoms with Crippen molar-refractivity contribution in [3.8, 4) is 0 Å². The Kier molecular flexibility index (Phi) is 2.49. The molecule has 0 spiro atoms. The van der Waals surface area contributed by atoms with Crippen LogP contribution in [0.3, 0.4) is 0 Å². The lowest BCUT2D eigenvalue weighted by atomic mass is 9.98. The summed E-state index contributed by atoms with van der Waals surface area (Å²) < 4.78 is 5.35. The van der Waals surface area contributed by atoms with Gasteiger partial charge in [0, 0.05) is 5.56 Å². The van der Waals surface area contributed by atoms with E-state index in [4.69, 9.17) is 4.42 Å². The number of hydrogen-bond acceptors (Lipinski definition) is 3. The maximum absolute atomic E-state index is 9.57. The first kappa shape index (κ1) is 10.2. The molecule has 0 saturated heterocycles. The molecule has 0 bridgehead atoms. The zero-order valence-corrected chi connectivity index (χ0v) is 9.19. The second-order valence-corrected chi connectivity index (χ2v) is 4.14. The molecule has 2 rings (SSSR count). The summed E-state index contributed by atoms with van der Waals surface area (Å²) in [5.41, 5.74) is 3.63. The van der Waals surface area contributed by atoms with E-state index in [1.165, 1.54) is 6.39 Å². The zero-order chi connectivity index (χ0) is 11.0. The quantitative estimate of drug-likeness (QED) is 0.819. The average Bonchev–Trinajstić information content (AvgIpc) is 2.62. The van der Waals surface area contributed by atoms with Crippen LogP contribution in [0, 0.1) is 0 Å². The van der Waals surface area contributed by atoms with Gasteiger partial charge in [0.2, 0.25) is 0 Å². The van der Waals surface area contributed by atoms with Gasteiger partial charge in [0.1, 0.15) is 5.52 Å². The first-order valence-corrected chi connectivity index (χ1v) is 5.14. The SMILES string of the molecule is CC(C)c1cc(C(C)O)cc2ncoc12. The van der Waals surface area contributed by atoms with Crippen LogP contribution < -0.4 is 0 Å². The normalized spacial score (nSPS) is 13.7. The van der Waals surface area contributed by atoms with E-state index in [-0.39, 0.29) is 0 Å². The van der Waals surface area contributed by atoms with E-state index in [1.54, 1.807) is 6.92 Å². The van der Waals surface area contributed by atoms with Crippen molar-refractivity contribution in [3.05, 3.63) is 29.7 Å². The number of nitrogens with zero attached hydrogens (tertiary/aromatic N) is 1. The van der Waals surface area contributed by atoms with E-state index in [0.29, 0.717) is 5.92 Å². The number of oxazole rings is 1. The van der Waals surface area contributed by atoms with Gasteiger partial charge in [-0.3, -0.25) is 0 Å². The molecule has 0 aliphatic rings. The third-order valence-electron chi connectivity index (χ3n) is 2.59. The minimum Gasteiger partial charge on any atom is -0.443 e. The standard InChI is InChI=1S/C12H15NO2/c1-7(2)10-4-9(8(3)14)5-11-12(10)15-6-13-11/h4-8,14H,1-3H3. The van der Waals surface area contributed by atoms with E-state index in [1.807, 2.05) is 12.1 Å². The zero-order valence-electron chi connectivity index (χ0n) is 9.19. The highest BCUT2D eigenvalue weighted by atomic mass is 16.3. The lowest BCUT2D eigenvalue weighted by Gasteiger charge is -2.10. The molecule has 0 saturated carbocycles. The van der Waals surface area contributed by atoms with Crippen LogP contribution in [0.4, 0.5) is 0 Å². The fourth-order valence-electron chi connectivity index (χ4n) is 1.69. The third-order valence-corrected chi connectivity index (χ3v) is 2.59. The first-order valence-electron chi connectivity index (χ1n) is 5.14. The van der Waals surface area contributed by atoms with Crippen molar-refractivity contribution in [3.63, 3.8) is 0 Å². The van der Waals surface area contributed by atoms with Crippen molar-refractivity contribution in [2.45, 2.75) is 32.8 Å². The summed E-state index contributed by atoms with van der Waals surface area (Å²) in [7, 11) is 0. The third kappa shape index (κ3) is 1.75. The van der Waals surface area contributed by atoms with E-state index >= 15 is 0 Å². The Hall–Kier alpha value is -1.35. The summed E-state index contributed by atoms with van der Waals surface area (Å²) in [6.07, 6.45) is 0.978. The van der Waals surface area contributed by atoms with Gasteiger partial charge in [-0.05, 0) is 30.5 Å². The van der Waals surface area contributed by atoms with Crippen LogP contribution in [0.5, 0.6) is 0 Å². The molecule has 3 heteroatoms. The molecule has 80 valence electrons. The summed E-state index contributed by atoms with van der Waals surface area (Å²) in [6, 6.07) is 3.86. The van der Waals surface area contributed by atoms with Crippen molar-refractivity contribution < 1.29 is 9.52 Å². The maximum Gasteiger partial charge on any atom is 0.181 e. The molecule has 1 N–H and O–H groups in total. The Morgan fingerprint density at radius 3 is 2.60 bits per heavy atom. The highest BCUT2D eigenvalue weighted by molar-refractivity contribution is 5.77. The molecule has 0 aliphatic carbocycles. The number of aliphatic hydroxyl groups excluding tert-OH is 1. The van der Waals surface area contributed by atoms with Crippen molar-refractivity contribution in [1.29, 1.82) is 0 Å². The fourth-order valence-corrected chi connectivity index (χ4v) is 1.69. The summed E-state index contributed by atoms with van der Waals surface area (Å²) in [6.45, 7) is 5.96. The minimum atomic E-state index is -0.469. The van der Waals surface area contributed by atoms with Gasteiger partial charge < -0.3 is 9.52 Å². The van der Waals surface area contributed by atoms with Crippen LogP contribution >= 0.6 is 0 Å². The van der Waals surface area contributed by atoms with Gasteiger partial charge in [-0.25, -0.2) is 4.98 Å². The van der Waals surface area contributed by atoms with Crippen LogP contribution in [-0.2, 0) is 0 Å². The molecule has 1 aromatic heterocycles. The van der Waals surface area contributed by atoms with Crippen molar-refractivity contribution >= 4 is 11.1 Å². The molecule has 2 aromatic rings. The Morgan fingerprint density at radius 2 is 2.00 bits per heavy atom. The van der Waals surface area contributed by atoms with Gasteiger partial charge in [0.05, 0.1) is 6.10 Å². The molecule has 1 heterocycles. The molecule has 0 fully saturated rings. The Labute approximate surface area is 88.7 Å². The Balaban J connectivity index is 2.69.